The summed E-state index contributed by atoms with van der Waals surface area (Å²) in [6.07, 6.45) is 0.765. The third-order valence-corrected chi connectivity index (χ3v) is 1.24. The largest absolute Gasteiger partial charge is 0.396 e. The van der Waals surface area contributed by atoms with Crippen LogP contribution in [0.4, 0.5) is 0 Å². The van der Waals surface area contributed by atoms with Gasteiger partial charge in [-0.05, 0) is 12.0 Å². The Morgan fingerprint density at radius 1 is 1.18 bits per heavy atom. The lowest BCUT2D eigenvalue weighted by molar-refractivity contribution is 0.299. The van der Waals surface area contributed by atoms with Crippen molar-refractivity contribution in [3.8, 4) is 0 Å². The molecule has 2 nitrogen and oxygen atoms in total. The molecular formula is C8H10O2S. The molecule has 1 N–H and O–H groups in total. The SMILES string of the molecule is O=S.OCCc1ccccc1. The van der Waals surface area contributed by atoms with Gasteiger partial charge in [-0.15, -0.1) is 0 Å². The summed E-state index contributed by atoms with van der Waals surface area (Å²) in [4.78, 5) is 0. The molecule has 1 aromatic carbocycles. The molecule has 0 unspecified atom stereocenters. The highest BCUT2D eigenvalue weighted by Crippen LogP contribution is 1.97. The molecule has 60 valence electrons. The second-order valence-electron chi connectivity index (χ2n) is 1.96. The lowest BCUT2D eigenvalue weighted by Crippen LogP contribution is -1.88. The first-order valence-electron chi connectivity index (χ1n) is 3.25. The average Bonchev–Trinajstić information content (AvgIpc) is 2.11. The molecule has 1 rings (SSSR count). The first-order valence-corrected chi connectivity index (χ1v) is 3.58. The predicted molar refractivity (Wildman–Crippen MR) is 45.4 cm³/mol. The van der Waals surface area contributed by atoms with Crippen molar-refractivity contribution in [3.05, 3.63) is 35.9 Å². The fraction of sp³-hybridized carbons (Fsp3) is 0.250. The molecule has 0 amide bonds. The van der Waals surface area contributed by atoms with Crippen molar-refractivity contribution < 1.29 is 9.32 Å². The van der Waals surface area contributed by atoms with E-state index < -0.39 is 0 Å². The van der Waals surface area contributed by atoms with E-state index in [0.717, 1.165) is 6.42 Å². The number of rotatable bonds is 2. The highest BCUT2D eigenvalue weighted by Gasteiger charge is 1.85. The van der Waals surface area contributed by atoms with Crippen LogP contribution in [0.3, 0.4) is 0 Å². The standard InChI is InChI=1S/C8H10O.OS/c9-7-6-8-4-2-1-3-5-8;1-2/h1-5,9H,6-7H2;. The van der Waals surface area contributed by atoms with Crippen LogP contribution in [0.5, 0.6) is 0 Å². The van der Waals surface area contributed by atoms with Gasteiger partial charge in [0.05, 0.1) is 0 Å². The molecule has 0 aliphatic heterocycles. The minimum absolute atomic E-state index is 0.240. The van der Waals surface area contributed by atoms with Gasteiger partial charge >= 0.3 is 0 Å². The summed E-state index contributed by atoms with van der Waals surface area (Å²) in [5.74, 6) is 0. The zero-order chi connectivity index (χ0) is 8.53. The van der Waals surface area contributed by atoms with Gasteiger partial charge in [0.15, 0.2) is 12.5 Å². The van der Waals surface area contributed by atoms with Gasteiger partial charge in [0, 0.05) is 6.61 Å². The van der Waals surface area contributed by atoms with Crippen LogP contribution >= 0.6 is 0 Å². The van der Waals surface area contributed by atoms with E-state index in [1.54, 1.807) is 0 Å². The van der Waals surface area contributed by atoms with E-state index in [9.17, 15) is 0 Å². The Kier molecular flexibility index (Phi) is 6.78. The summed E-state index contributed by atoms with van der Waals surface area (Å²) in [5, 5.41) is 8.52. The number of aliphatic hydroxyl groups excluding tert-OH is 1. The molecule has 1 aromatic rings. The third-order valence-electron chi connectivity index (χ3n) is 1.24. The van der Waals surface area contributed by atoms with Crippen LogP contribution in [0.1, 0.15) is 5.56 Å². The van der Waals surface area contributed by atoms with Crippen LogP contribution in [-0.2, 0) is 19.0 Å². The molecule has 0 atom stereocenters. The quantitative estimate of drug-likeness (QED) is 0.716. The van der Waals surface area contributed by atoms with Gasteiger partial charge in [0.25, 0.3) is 0 Å². The summed E-state index contributed by atoms with van der Waals surface area (Å²) in [6, 6.07) is 9.95. The molecule has 11 heavy (non-hydrogen) atoms. The highest BCUT2D eigenvalue weighted by atomic mass is 32.1. The zero-order valence-corrected chi connectivity index (χ0v) is 6.88. The van der Waals surface area contributed by atoms with Gasteiger partial charge in [-0.1, -0.05) is 30.3 Å². The Hall–Kier alpha value is -0.800. The number of aliphatic hydroxyl groups is 1. The van der Waals surface area contributed by atoms with E-state index in [2.05, 4.69) is 12.5 Å². The fourth-order valence-corrected chi connectivity index (χ4v) is 0.774. The summed E-state index contributed by atoms with van der Waals surface area (Å²) >= 11 is 2.83. The summed E-state index contributed by atoms with van der Waals surface area (Å²) in [5.41, 5.74) is 1.19. The van der Waals surface area contributed by atoms with E-state index in [1.807, 2.05) is 30.3 Å². The Bertz CT molecular complexity index is 177. The zero-order valence-electron chi connectivity index (χ0n) is 6.06. The van der Waals surface area contributed by atoms with Crippen molar-refractivity contribution in [2.24, 2.45) is 0 Å². The molecule has 0 radical (unpaired) electrons. The van der Waals surface area contributed by atoms with Crippen LogP contribution in [0.15, 0.2) is 30.3 Å². The predicted octanol–water partition coefficient (Wildman–Crippen LogP) is 0.885. The van der Waals surface area contributed by atoms with Crippen LogP contribution in [0, 0.1) is 0 Å². The number of benzene rings is 1. The van der Waals surface area contributed by atoms with E-state index >= 15 is 0 Å². The van der Waals surface area contributed by atoms with E-state index in [4.69, 9.17) is 9.32 Å². The molecule has 0 aliphatic carbocycles. The lowest BCUT2D eigenvalue weighted by atomic mass is 10.2. The maximum atomic E-state index is 8.52. The van der Waals surface area contributed by atoms with Gasteiger partial charge in [-0.25, -0.2) is 0 Å². The van der Waals surface area contributed by atoms with Gasteiger partial charge in [0.1, 0.15) is 0 Å². The highest BCUT2D eigenvalue weighted by molar-refractivity contribution is 7.44. The summed E-state index contributed by atoms with van der Waals surface area (Å²) < 4.78 is 7.83. The molecule has 0 saturated heterocycles. The molecule has 0 aromatic heterocycles. The monoisotopic (exact) mass is 170 g/mol. The third kappa shape index (κ3) is 4.58. The molecule has 0 saturated carbocycles. The average molecular weight is 170 g/mol. The molecule has 0 aliphatic rings. The Labute approximate surface area is 71.4 Å². The van der Waals surface area contributed by atoms with Crippen molar-refractivity contribution >= 4 is 12.5 Å². The minimum atomic E-state index is 0.240. The van der Waals surface area contributed by atoms with Crippen LogP contribution < -0.4 is 0 Å². The smallest absolute Gasteiger partial charge is 0.197 e. The van der Waals surface area contributed by atoms with Crippen molar-refractivity contribution in [1.82, 2.24) is 0 Å². The Morgan fingerprint density at radius 2 is 1.73 bits per heavy atom. The van der Waals surface area contributed by atoms with E-state index in [0.29, 0.717) is 0 Å². The summed E-state index contributed by atoms with van der Waals surface area (Å²) in [7, 11) is 0. The first-order chi connectivity index (χ1) is 5.43. The maximum Gasteiger partial charge on any atom is 0.197 e. The topological polar surface area (TPSA) is 37.3 Å². The van der Waals surface area contributed by atoms with Crippen LogP contribution in [0.25, 0.3) is 0 Å². The van der Waals surface area contributed by atoms with Crippen LogP contribution in [0.2, 0.25) is 0 Å². The van der Waals surface area contributed by atoms with Crippen molar-refractivity contribution in [2.45, 2.75) is 6.42 Å². The lowest BCUT2D eigenvalue weighted by Gasteiger charge is -1.93. The van der Waals surface area contributed by atoms with Crippen molar-refractivity contribution in [3.63, 3.8) is 0 Å². The van der Waals surface area contributed by atoms with Gasteiger partial charge in [-0.3, -0.25) is 0 Å². The molecule has 0 spiro atoms. The Morgan fingerprint density at radius 3 is 2.18 bits per heavy atom. The number of hydrogen-bond acceptors (Lipinski definition) is 3. The van der Waals surface area contributed by atoms with E-state index in [1.165, 1.54) is 5.56 Å². The normalized spacial score (nSPS) is 8.09. The van der Waals surface area contributed by atoms with Gasteiger partial charge in [-0.2, -0.15) is 4.21 Å². The molecule has 0 bridgehead atoms. The van der Waals surface area contributed by atoms with Gasteiger partial charge < -0.3 is 5.11 Å². The maximum absolute atomic E-state index is 8.52. The van der Waals surface area contributed by atoms with Crippen LogP contribution in [-0.4, -0.2) is 15.9 Å². The molecule has 0 heterocycles. The first kappa shape index (κ1) is 10.2. The second kappa shape index (κ2) is 7.31. The Balaban J connectivity index is 0.000000461. The minimum Gasteiger partial charge on any atom is -0.396 e. The van der Waals surface area contributed by atoms with Crippen molar-refractivity contribution in [2.75, 3.05) is 6.61 Å². The molecule has 3 heteroatoms. The number of hydrogen-bond donors (Lipinski definition) is 1. The second-order valence-corrected chi connectivity index (χ2v) is 1.96. The summed E-state index contributed by atoms with van der Waals surface area (Å²) in [6.45, 7) is 0.240. The van der Waals surface area contributed by atoms with Crippen molar-refractivity contribution in [1.29, 1.82) is 0 Å². The van der Waals surface area contributed by atoms with Gasteiger partial charge in [0.2, 0.25) is 0 Å². The van der Waals surface area contributed by atoms with E-state index in [-0.39, 0.29) is 6.61 Å². The molecule has 0 fully saturated rings. The fourth-order valence-electron chi connectivity index (χ4n) is 0.774. The molecular weight excluding hydrogens is 160 g/mol.